The molecule has 70 valence electrons. The van der Waals surface area contributed by atoms with E-state index in [-0.39, 0.29) is 5.75 Å². The van der Waals surface area contributed by atoms with Crippen molar-refractivity contribution in [2.45, 2.75) is 6.92 Å². The lowest BCUT2D eigenvalue weighted by molar-refractivity contribution is 0.373. The van der Waals surface area contributed by atoms with Crippen LogP contribution in [0, 0.1) is 0 Å². The number of hydrogen-bond donors (Lipinski definition) is 1. The summed E-state index contributed by atoms with van der Waals surface area (Å²) < 4.78 is 4.98. The minimum Gasteiger partial charge on any atom is -0.504 e. The second-order valence-electron chi connectivity index (χ2n) is 2.70. The minimum absolute atomic E-state index is 0.148. The second kappa shape index (κ2) is 3.94. The van der Waals surface area contributed by atoms with Crippen molar-refractivity contribution in [2.75, 3.05) is 14.2 Å². The van der Waals surface area contributed by atoms with Gasteiger partial charge < -0.3 is 9.84 Å². The van der Waals surface area contributed by atoms with Gasteiger partial charge in [0, 0.05) is 12.8 Å². The van der Waals surface area contributed by atoms with Crippen LogP contribution in [-0.4, -0.2) is 25.0 Å². The molecule has 0 aliphatic carbocycles. The van der Waals surface area contributed by atoms with E-state index in [4.69, 9.17) is 4.74 Å². The molecule has 0 amide bonds. The van der Waals surface area contributed by atoms with Crippen LogP contribution >= 0.6 is 0 Å². The first-order chi connectivity index (χ1) is 6.19. The molecule has 0 bridgehead atoms. The molecule has 1 aromatic carbocycles. The van der Waals surface area contributed by atoms with Gasteiger partial charge in [-0.05, 0) is 30.7 Å². The van der Waals surface area contributed by atoms with Gasteiger partial charge >= 0.3 is 0 Å². The molecule has 0 fully saturated rings. The zero-order valence-corrected chi connectivity index (χ0v) is 8.03. The third-order valence-electron chi connectivity index (χ3n) is 1.93. The van der Waals surface area contributed by atoms with Crippen LogP contribution in [0.3, 0.4) is 0 Å². The maximum Gasteiger partial charge on any atom is 0.161 e. The number of hydrogen-bond acceptors (Lipinski definition) is 3. The van der Waals surface area contributed by atoms with Crippen molar-refractivity contribution in [3.63, 3.8) is 0 Å². The van der Waals surface area contributed by atoms with Crippen LogP contribution in [0.25, 0.3) is 0 Å². The summed E-state index contributed by atoms with van der Waals surface area (Å²) in [4.78, 5) is 4.04. The van der Waals surface area contributed by atoms with E-state index in [0.717, 1.165) is 11.3 Å². The Bertz CT molecular complexity index is 332. The summed E-state index contributed by atoms with van der Waals surface area (Å²) in [6, 6.07) is 5.17. The molecule has 1 aromatic rings. The molecule has 0 heterocycles. The quantitative estimate of drug-likeness (QED) is 0.704. The van der Waals surface area contributed by atoms with Crippen LogP contribution in [0.2, 0.25) is 0 Å². The van der Waals surface area contributed by atoms with Gasteiger partial charge in [-0.1, -0.05) is 0 Å². The summed E-state index contributed by atoms with van der Waals surface area (Å²) in [6.07, 6.45) is 0. The summed E-state index contributed by atoms with van der Waals surface area (Å²) in [5.41, 5.74) is 1.87. The highest BCUT2D eigenvalue weighted by Crippen LogP contribution is 2.26. The molecule has 1 rings (SSSR count). The molecule has 0 saturated carbocycles. The van der Waals surface area contributed by atoms with Crippen LogP contribution in [0.1, 0.15) is 12.5 Å². The van der Waals surface area contributed by atoms with Crippen molar-refractivity contribution in [1.29, 1.82) is 0 Å². The summed E-state index contributed by atoms with van der Waals surface area (Å²) in [7, 11) is 3.26. The summed E-state index contributed by atoms with van der Waals surface area (Å²) in [6.45, 7) is 1.91. The number of phenolic OH excluding ortho intramolecular Hbond substituents is 1. The van der Waals surface area contributed by atoms with Gasteiger partial charge in [-0.2, -0.15) is 0 Å². The maximum atomic E-state index is 9.32. The van der Waals surface area contributed by atoms with Crippen molar-refractivity contribution in [2.24, 2.45) is 4.99 Å². The third-order valence-corrected chi connectivity index (χ3v) is 1.93. The van der Waals surface area contributed by atoms with Crippen LogP contribution in [-0.2, 0) is 0 Å². The maximum absolute atomic E-state index is 9.32. The third kappa shape index (κ3) is 1.99. The SMILES string of the molecule is CN=C(C)c1ccc(O)c(OC)c1. The summed E-state index contributed by atoms with van der Waals surface area (Å²) in [5.74, 6) is 0.621. The molecule has 0 aliphatic rings. The first-order valence-corrected chi connectivity index (χ1v) is 3.99. The molecule has 0 spiro atoms. The van der Waals surface area contributed by atoms with Gasteiger partial charge in [0.25, 0.3) is 0 Å². The Labute approximate surface area is 77.7 Å². The number of rotatable bonds is 2. The van der Waals surface area contributed by atoms with Crippen LogP contribution in [0.5, 0.6) is 11.5 Å². The van der Waals surface area contributed by atoms with E-state index in [0.29, 0.717) is 5.75 Å². The van der Waals surface area contributed by atoms with Gasteiger partial charge in [-0.3, -0.25) is 4.99 Å². The van der Waals surface area contributed by atoms with Crippen molar-refractivity contribution < 1.29 is 9.84 Å². The van der Waals surface area contributed by atoms with E-state index in [2.05, 4.69) is 4.99 Å². The average Bonchev–Trinajstić information content (AvgIpc) is 2.17. The Morgan fingerprint density at radius 2 is 2.15 bits per heavy atom. The van der Waals surface area contributed by atoms with Crippen molar-refractivity contribution >= 4 is 5.71 Å². The van der Waals surface area contributed by atoms with Gasteiger partial charge in [0.05, 0.1) is 7.11 Å². The van der Waals surface area contributed by atoms with E-state index < -0.39 is 0 Å². The number of nitrogens with zero attached hydrogens (tertiary/aromatic N) is 1. The van der Waals surface area contributed by atoms with E-state index in [1.807, 2.05) is 6.92 Å². The highest BCUT2D eigenvalue weighted by atomic mass is 16.5. The molecule has 3 nitrogen and oxygen atoms in total. The van der Waals surface area contributed by atoms with Crippen LogP contribution in [0.4, 0.5) is 0 Å². The van der Waals surface area contributed by atoms with Gasteiger partial charge in [0.15, 0.2) is 11.5 Å². The van der Waals surface area contributed by atoms with E-state index in [1.54, 1.807) is 25.2 Å². The zero-order valence-electron chi connectivity index (χ0n) is 8.03. The zero-order chi connectivity index (χ0) is 9.84. The topological polar surface area (TPSA) is 41.8 Å². The largest absolute Gasteiger partial charge is 0.504 e. The Morgan fingerprint density at radius 3 is 2.69 bits per heavy atom. The fourth-order valence-corrected chi connectivity index (χ4v) is 1.03. The Morgan fingerprint density at radius 1 is 1.46 bits per heavy atom. The minimum atomic E-state index is 0.148. The van der Waals surface area contributed by atoms with Gasteiger partial charge in [-0.15, -0.1) is 0 Å². The van der Waals surface area contributed by atoms with Crippen LogP contribution in [0.15, 0.2) is 23.2 Å². The molecule has 0 unspecified atom stereocenters. The van der Waals surface area contributed by atoms with E-state index >= 15 is 0 Å². The predicted octanol–water partition coefficient (Wildman–Crippen LogP) is 1.84. The molecule has 0 saturated heterocycles. The molecule has 13 heavy (non-hydrogen) atoms. The first kappa shape index (κ1) is 9.58. The summed E-state index contributed by atoms with van der Waals surface area (Å²) in [5, 5.41) is 9.32. The summed E-state index contributed by atoms with van der Waals surface area (Å²) >= 11 is 0. The fraction of sp³-hybridized carbons (Fsp3) is 0.300. The highest BCUT2D eigenvalue weighted by Gasteiger charge is 2.03. The number of benzene rings is 1. The first-order valence-electron chi connectivity index (χ1n) is 3.99. The van der Waals surface area contributed by atoms with Gasteiger partial charge in [0.2, 0.25) is 0 Å². The number of aromatic hydroxyl groups is 1. The lowest BCUT2D eigenvalue weighted by atomic mass is 10.1. The Balaban J connectivity index is 3.13. The standard InChI is InChI=1S/C10H13NO2/c1-7(11-2)8-4-5-9(12)10(6-8)13-3/h4-6,12H,1-3H3. The normalized spacial score (nSPS) is 11.5. The molecular formula is C10H13NO2. The predicted molar refractivity (Wildman–Crippen MR) is 52.8 cm³/mol. The Hall–Kier alpha value is -1.51. The Kier molecular flexibility index (Phi) is 2.90. The molecule has 0 aromatic heterocycles. The van der Waals surface area contributed by atoms with Crippen LogP contribution < -0.4 is 4.74 Å². The number of ether oxygens (including phenoxy) is 1. The van der Waals surface area contributed by atoms with E-state index in [1.165, 1.54) is 7.11 Å². The molecule has 3 heteroatoms. The van der Waals surface area contributed by atoms with Crippen molar-refractivity contribution in [3.05, 3.63) is 23.8 Å². The van der Waals surface area contributed by atoms with Crippen molar-refractivity contribution in [3.8, 4) is 11.5 Å². The number of aliphatic imine (C=N–C) groups is 1. The molecule has 0 radical (unpaired) electrons. The van der Waals surface area contributed by atoms with E-state index in [9.17, 15) is 5.11 Å². The lowest BCUT2D eigenvalue weighted by Crippen LogP contribution is -1.95. The number of phenols is 1. The monoisotopic (exact) mass is 179 g/mol. The smallest absolute Gasteiger partial charge is 0.161 e. The second-order valence-corrected chi connectivity index (χ2v) is 2.70. The molecular weight excluding hydrogens is 166 g/mol. The van der Waals surface area contributed by atoms with Gasteiger partial charge in [0.1, 0.15) is 0 Å². The highest BCUT2D eigenvalue weighted by molar-refractivity contribution is 5.99. The molecule has 0 atom stereocenters. The van der Waals surface area contributed by atoms with Crippen molar-refractivity contribution in [1.82, 2.24) is 0 Å². The lowest BCUT2D eigenvalue weighted by Gasteiger charge is -2.05. The fourth-order valence-electron chi connectivity index (χ4n) is 1.03. The van der Waals surface area contributed by atoms with Gasteiger partial charge in [-0.25, -0.2) is 0 Å². The number of methoxy groups -OCH3 is 1. The molecule has 0 aliphatic heterocycles. The average molecular weight is 179 g/mol. The molecule has 1 N–H and O–H groups in total.